The van der Waals surface area contributed by atoms with Gasteiger partial charge in [0.25, 0.3) is 0 Å². The molecule has 3 rings (SSSR count). The molecule has 0 bridgehead atoms. The van der Waals surface area contributed by atoms with Crippen LogP contribution in [0.25, 0.3) is 22.1 Å². The number of hydrogen-bond donors (Lipinski definition) is 3. The third-order valence-corrected chi connectivity index (χ3v) is 4.31. The Morgan fingerprint density at radius 1 is 0.960 bits per heavy atom. The summed E-state index contributed by atoms with van der Waals surface area (Å²) in [7, 11) is -5.30. The van der Waals surface area contributed by atoms with Crippen LogP contribution >= 0.6 is 0 Å². The summed E-state index contributed by atoms with van der Waals surface area (Å²) in [5.41, 5.74) is -1.33. The van der Waals surface area contributed by atoms with E-state index in [9.17, 15) is 33.1 Å². The van der Waals surface area contributed by atoms with Crippen molar-refractivity contribution in [2.45, 2.75) is 4.90 Å². The number of phenols is 3. The zero-order valence-corrected chi connectivity index (χ0v) is 15.6. The minimum absolute atomic E-state index is 0. The molecule has 8 nitrogen and oxygen atoms in total. The number of hydrogen-bond acceptors (Lipinski definition) is 8. The second-order valence-electron chi connectivity index (χ2n) is 4.88. The minimum atomic E-state index is -5.30. The molecular formula is C15H9NaO8S. The summed E-state index contributed by atoms with van der Waals surface area (Å²) in [6.45, 7) is 0. The van der Waals surface area contributed by atoms with Gasteiger partial charge in [0.15, 0.2) is 17.1 Å². The molecule has 124 valence electrons. The normalized spacial score (nSPS) is 11.2. The number of fused-ring (bicyclic) bond motifs is 1. The zero-order chi connectivity index (χ0) is 17.6. The van der Waals surface area contributed by atoms with Crippen molar-refractivity contribution in [3.8, 4) is 28.4 Å². The van der Waals surface area contributed by atoms with Gasteiger partial charge in [-0.1, -0.05) is 30.3 Å². The van der Waals surface area contributed by atoms with Crippen LogP contribution in [-0.4, -0.2) is 28.3 Å². The molecule has 0 atom stereocenters. The molecule has 0 aliphatic carbocycles. The van der Waals surface area contributed by atoms with Crippen LogP contribution in [0.2, 0.25) is 0 Å². The quantitative estimate of drug-likeness (QED) is 0.279. The predicted molar refractivity (Wildman–Crippen MR) is 80.9 cm³/mol. The fraction of sp³-hybridized carbons (Fsp3) is 0. The monoisotopic (exact) mass is 372 g/mol. The van der Waals surface area contributed by atoms with E-state index in [0.717, 1.165) is 6.26 Å². The SMILES string of the molecule is O=c1c(-c2ccccc2)coc2c(S(=O)(=O)[O-])c(O)c(O)c(O)c12.[Na+]. The molecule has 0 unspecified atom stereocenters. The van der Waals surface area contributed by atoms with E-state index in [2.05, 4.69) is 0 Å². The van der Waals surface area contributed by atoms with Crippen molar-refractivity contribution in [1.82, 2.24) is 0 Å². The summed E-state index contributed by atoms with van der Waals surface area (Å²) in [5.74, 6) is -3.76. The molecule has 10 heteroatoms. The fourth-order valence-corrected chi connectivity index (χ4v) is 3.06. The van der Waals surface area contributed by atoms with E-state index in [1.165, 1.54) is 0 Å². The Morgan fingerprint density at radius 2 is 1.56 bits per heavy atom. The van der Waals surface area contributed by atoms with E-state index >= 15 is 0 Å². The van der Waals surface area contributed by atoms with Crippen LogP contribution in [0.15, 0.2) is 50.7 Å². The van der Waals surface area contributed by atoms with Crippen LogP contribution < -0.4 is 35.0 Å². The van der Waals surface area contributed by atoms with Crippen LogP contribution in [0, 0.1) is 0 Å². The van der Waals surface area contributed by atoms with Gasteiger partial charge in [-0.3, -0.25) is 4.79 Å². The minimum Gasteiger partial charge on any atom is -0.744 e. The van der Waals surface area contributed by atoms with Gasteiger partial charge in [0, 0.05) is 0 Å². The molecule has 0 aliphatic heterocycles. The van der Waals surface area contributed by atoms with Crippen molar-refractivity contribution in [2.75, 3.05) is 0 Å². The van der Waals surface area contributed by atoms with Gasteiger partial charge in [-0.2, -0.15) is 0 Å². The Morgan fingerprint density at radius 3 is 2.12 bits per heavy atom. The van der Waals surface area contributed by atoms with Crippen molar-refractivity contribution in [1.29, 1.82) is 0 Å². The Kier molecular flexibility index (Phi) is 5.17. The maximum atomic E-state index is 12.6. The average Bonchev–Trinajstić information content (AvgIpc) is 2.52. The van der Waals surface area contributed by atoms with E-state index in [1.807, 2.05) is 0 Å². The molecule has 0 spiro atoms. The molecule has 0 radical (unpaired) electrons. The summed E-state index contributed by atoms with van der Waals surface area (Å²) >= 11 is 0. The first kappa shape index (κ1) is 19.3. The van der Waals surface area contributed by atoms with Gasteiger partial charge in [0.2, 0.25) is 11.2 Å². The Labute approximate surface area is 163 Å². The first-order chi connectivity index (χ1) is 11.2. The van der Waals surface area contributed by atoms with Crippen LogP contribution in [0.1, 0.15) is 0 Å². The molecule has 1 heterocycles. The van der Waals surface area contributed by atoms with E-state index in [1.54, 1.807) is 30.3 Å². The standard InChI is InChI=1S/C15H10O8S.Na/c16-10-8(7-4-2-1-3-5-7)6-23-14-9(10)11(17)12(18)13(19)15(14)24(20,21)22;/h1-6,17-19H,(H,20,21,22);/q;+1/p-1. The topological polar surface area (TPSA) is 148 Å². The number of rotatable bonds is 2. The Bertz CT molecular complexity index is 1120. The van der Waals surface area contributed by atoms with Crippen molar-refractivity contribution in [2.24, 2.45) is 0 Å². The summed E-state index contributed by atoms with van der Waals surface area (Å²) in [5, 5.41) is 28.5. The first-order valence-corrected chi connectivity index (χ1v) is 7.88. The second-order valence-corrected chi connectivity index (χ2v) is 6.19. The van der Waals surface area contributed by atoms with E-state index < -0.39 is 48.7 Å². The number of aromatic hydroxyl groups is 3. The smallest absolute Gasteiger partial charge is 0.744 e. The summed E-state index contributed by atoms with van der Waals surface area (Å²) in [6.07, 6.45) is 0.907. The van der Waals surface area contributed by atoms with Crippen LogP contribution in [0.5, 0.6) is 17.2 Å². The molecule has 3 aromatic rings. The summed E-state index contributed by atoms with van der Waals surface area (Å²) in [4.78, 5) is 11.3. The average molecular weight is 372 g/mol. The van der Waals surface area contributed by atoms with Crippen LogP contribution in [0.3, 0.4) is 0 Å². The summed E-state index contributed by atoms with van der Waals surface area (Å²) < 4.78 is 39.0. The van der Waals surface area contributed by atoms with Gasteiger partial charge >= 0.3 is 29.6 Å². The van der Waals surface area contributed by atoms with Crippen molar-refractivity contribution < 1.29 is 62.3 Å². The second kappa shape index (κ2) is 6.70. The number of benzene rings is 2. The van der Waals surface area contributed by atoms with Crippen molar-refractivity contribution in [3.63, 3.8) is 0 Å². The molecule has 2 aromatic carbocycles. The molecule has 1 aromatic heterocycles. The van der Waals surface area contributed by atoms with Gasteiger partial charge in [-0.05, 0) is 5.56 Å². The van der Waals surface area contributed by atoms with Crippen molar-refractivity contribution >= 4 is 21.1 Å². The van der Waals surface area contributed by atoms with E-state index in [0.29, 0.717) is 5.56 Å². The van der Waals surface area contributed by atoms with Gasteiger partial charge in [-0.15, -0.1) is 0 Å². The van der Waals surface area contributed by atoms with E-state index in [-0.39, 0.29) is 35.1 Å². The van der Waals surface area contributed by atoms with Gasteiger partial charge in [0.05, 0.1) is 5.56 Å². The maximum absolute atomic E-state index is 12.6. The molecule has 0 aliphatic rings. The van der Waals surface area contributed by atoms with Crippen molar-refractivity contribution in [3.05, 3.63) is 46.8 Å². The van der Waals surface area contributed by atoms with Gasteiger partial charge < -0.3 is 24.3 Å². The zero-order valence-electron chi connectivity index (χ0n) is 12.8. The molecule has 0 saturated heterocycles. The molecule has 25 heavy (non-hydrogen) atoms. The first-order valence-electron chi connectivity index (χ1n) is 6.47. The van der Waals surface area contributed by atoms with Gasteiger partial charge in [0.1, 0.15) is 26.7 Å². The molecule has 3 N–H and O–H groups in total. The Hall–Kier alpha value is -2.04. The van der Waals surface area contributed by atoms with Gasteiger partial charge in [-0.25, -0.2) is 8.42 Å². The molecule has 0 fully saturated rings. The predicted octanol–water partition coefficient (Wildman–Crippen LogP) is -1.52. The summed E-state index contributed by atoms with van der Waals surface area (Å²) in [6, 6.07) is 8.12. The molecular weight excluding hydrogens is 363 g/mol. The largest absolute Gasteiger partial charge is 1.00 e. The molecule has 0 amide bonds. The number of phenolic OH excluding ortho intramolecular Hbond substituents is 3. The fourth-order valence-electron chi connectivity index (χ4n) is 2.34. The molecule has 0 saturated carbocycles. The third-order valence-electron chi connectivity index (χ3n) is 3.43. The third kappa shape index (κ3) is 3.12. The van der Waals surface area contributed by atoms with Crippen LogP contribution in [0.4, 0.5) is 0 Å². The Balaban J connectivity index is 0.00000225. The maximum Gasteiger partial charge on any atom is 1.00 e. The van der Waals surface area contributed by atoms with Crippen LogP contribution in [-0.2, 0) is 10.1 Å². The van der Waals surface area contributed by atoms with E-state index in [4.69, 9.17) is 4.42 Å².